The third-order valence-electron chi connectivity index (χ3n) is 14.1. The minimum Gasteiger partial charge on any atom is -0.458 e. The van der Waals surface area contributed by atoms with Gasteiger partial charge < -0.3 is 58.1 Å². The van der Waals surface area contributed by atoms with Crippen molar-refractivity contribution in [2.45, 2.75) is 161 Å². The molecule has 0 bridgehead atoms. The lowest BCUT2D eigenvalue weighted by Crippen LogP contribution is -2.61. The number of carbonyl (C=O) groups excluding carboxylic acids is 4. The lowest BCUT2D eigenvalue weighted by atomic mass is 9.73. The number of ketones is 1. The van der Waals surface area contributed by atoms with E-state index in [9.17, 15) is 24.3 Å². The number of aliphatic hydroxyl groups excluding tert-OH is 1. The molecule has 4 fully saturated rings. The van der Waals surface area contributed by atoms with E-state index in [1.165, 1.54) is 7.11 Å². The van der Waals surface area contributed by atoms with Gasteiger partial charge in [0.15, 0.2) is 23.4 Å². The zero-order valence-corrected chi connectivity index (χ0v) is 38.2. The standard InChI is InChI=1S/C45H69N3O13/c1-14-33-45(10)37(46-41(52)61-45)25(4)34(49)23(2)19-44(9,54-13)38(60-40-35(50)29(47(11)12)17-24(3)57-40)26(5)36(27(6)39(51)58-33)59-42(53)48-21-43(7,8)20-30(48)28-15-16-31-32(18-28)56-22-55-31/h15-16,18,23-27,29-30,33,35-38,40,50H,14,17,19-22H2,1-13H3,(H,46,52)/t23-,24-,25+,26+,27-,29+,30-,33-,35-,36+,37-,38-,40+,44-,45-/m1/s1. The van der Waals surface area contributed by atoms with E-state index in [1.54, 1.807) is 32.6 Å². The molecule has 1 aromatic rings. The number of hydrogen-bond acceptors (Lipinski definition) is 14. The average molecular weight is 860 g/mol. The molecule has 342 valence electrons. The molecule has 0 unspecified atom stereocenters. The lowest BCUT2D eigenvalue weighted by Gasteiger charge is -2.48. The van der Waals surface area contributed by atoms with Gasteiger partial charge in [-0.15, -0.1) is 0 Å². The first-order valence-corrected chi connectivity index (χ1v) is 21.8. The first kappa shape index (κ1) is 46.8. The summed E-state index contributed by atoms with van der Waals surface area (Å²) < 4.78 is 49.6. The van der Waals surface area contributed by atoms with Crippen LogP contribution in [-0.2, 0) is 38.0 Å². The van der Waals surface area contributed by atoms with Crippen molar-refractivity contribution in [3.8, 4) is 11.5 Å². The van der Waals surface area contributed by atoms with Gasteiger partial charge in [-0.1, -0.05) is 47.6 Å². The summed E-state index contributed by atoms with van der Waals surface area (Å²) >= 11 is 0. The fraction of sp³-hybridized carbons (Fsp3) is 0.778. The van der Waals surface area contributed by atoms with Crippen molar-refractivity contribution >= 4 is 23.9 Å². The molecule has 6 rings (SSSR count). The number of cyclic esters (lactones) is 1. The molecule has 5 aliphatic heterocycles. The molecule has 5 heterocycles. The van der Waals surface area contributed by atoms with Crippen molar-refractivity contribution in [2.24, 2.45) is 29.1 Å². The van der Waals surface area contributed by atoms with Crippen LogP contribution in [0.3, 0.4) is 0 Å². The number of likely N-dealkylation sites (N-methyl/N-ethyl adjacent to an activating group) is 1. The van der Waals surface area contributed by atoms with Crippen LogP contribution in [0.15, 0.2) is 18.2 Å². The van der Waals surface area contributed by atoms with Crippen molar-refractivity contribution in [1.82, 2.24) is 15.1 Å². The summed E-state index contributed by atoms with van der Waals surface area (Å²) in [7, 11) is 5.28. The van der Waals surface area contributed by atoms with Gasteiger partial charge in [-0.2, -0.15) is 0 Å². The second-order valence-corrected chi connectivity index (χ2v) is 19.6. The maximum absolute atomic E-state index is 14.9. The number of benzene rings is 1. The van der Waals surface area contributed by atoms with Crippen LogP contribution in [0, 0.1) is 29.1 Å². The van der Waals surface area contributed by atoms with E-state index >= 15 is 0 Å². The first-order chi connectivity index (χ1) is 28.5. The van der Waals surface area contributed by atoms with E-state index in [0.717, 1.165) is 5.56 Å². The number of carbonyl (C=O) groups is 4. The van der Waals surface area contributed by atoms with Crippen LogP contribution in [0.25, 0.3) is 0 Å². The van der Waals surface area contributed by atoms with E-state index < -0.39 is 89.8 Å². The van der Waals surface area contributed by atoms with Gasteiger partial charge in [0.2, 0.25) is 6.79 Å². The third kappa shape index (κ3) is 9.20. The molecule has 0 aromatic heterocycles. The van der Waals surface area contributed by atoms with Crippen LogP contribution in [0.2, 0.25) is 0 Å². The number of ether oxygens (including phenoxy) is 8. The minimum absolute atomic E-state index is 0.110. The fourth-order valence-electron chi connectivity index (χ4n) is 10.6. The predicted molar refractivity (Wildman–Crippen MR) is 222 cm³/mol. The Kier molecular flexibility index (Phi) is 13.7. The maximum atomic E-state index is 14.9. The quantitative estimate of drug-likeness (QED) is 0.255. The number of nitrogens with one attached hydrogen (secondary N) is 1. The average Bonchev–Trinajstić information content (AvgIpc) is 3.91. The third-order valence-corrected chi connectivity index (χ3v) is 14.1. The van der Waals surface area contributed by atoms with E-state index in [1.807, 2.05) is 64.9 Å². The van der Waals surface area contributed by atoms with Gasteiger partial charge in [-0.3, -0.25) is 9.59 Å². The largest absolute Gasteiger partial charge is 0.458 e. The Morgan fingerprint density at radius 2 is 1.69 bits per heavy atom. The monoisotopic (exact) mass is 859 g/mol. The fourth-order valence-corrected chi connectivity index (χ4v) is 10.6. The van der Waals surface area contributed by atoms with Crippen LogP contribution in [0.4, 0.5) is 9.59 Å². The summed E-state index contributed by atoms with van der Waals surface area (Å²) in [5.41, 5.74) is -2.14. The number of hydrogen-bond donors (Lipinski definition) is 2. The molecule has 0 saturated carbocycles. The van der Waals surface area contributed by atoms with Crippen LogP contribution in [0.5, 0.6) is 11.5 Å². The number of methoxy groups -OCH3 is 1. The number of rotatable bonds is 7. The van der Waals surface area contributed by atoms with Crippen LogP contribution < -0.4 is 14.8 Å². The molecule has 0 radical (unpaired) electrons. The summed E-state index contributed by atoms with van der Waals surface area (Å²) in [5.74, 6) is -2.99. The molecular weight excluding hydrogens is 791 g/mol. The predicted octanol–water partition coefficient (Wildman–Crippen LogP) is 5.62. The van der Waals surface area contributed by atoms with E-state index in [-0.39, 0.29) is 49.0 Å². The number of nitrogens with zero attached hydrogens (tertiary/aromatic N) is 2. The summed E-state index contributed by atoms with van der Waals surface area (Å²) in [5, 5.41) is 14.6. The number of alkyl carbamates (subject to hydrolysis) is 1. The molecule has 0 aliphatic carbocycles. The normalized spacial score (nSPS) is 40.5. The van der Waals surface area contributed by atoms with Crippen molar-refractivity contribution in [1.29, 1.82) is 0 Å². The lowest BCUT2D eigenvalue weighted by molar-refractivity contribution is -0.301. The van der Waals surface area contributed by atoms with Gasteiger partial charge >= 0.3 is 18.2 Å². The highest BCUT2D eigenvalue weighted by Gasteiger charge is 2.58. The molecular formula is C45H69N3O13. The Bertz CT molecular complexity index is 1790. The molecule has 16 nitrogen and oxygen atoms in total. The first-order valence-electron chi connectivity index (χ1n) is 21.8. The Balaban J connectivity index is 1.44. The van der Waals surface area contributed by atoms with Gasteiger partial charge in [-0.25, -0.2) is 9.59 Å². The van der Waals surface area contributed by atoms with Gasteiger partial charge in [-0.05, 0) is 90.6 Å². The topological polar surface area (TPSA) is 181 Å². The maximum Gasteiger partial charge on any atom is 0.410 e. The second-order valence-electron chi connectivity index (χ2n) is 19.6. The van der Waals surface area contributed by atoms with Crippen molar-refractivity contribution in [2.75, 3.05) is 34.5 Å². The number of esters is 1. The number of amides is 2. The van der Waals surface area contributed by atoms with Crippen molar-refractivity contribution < 1.29 is 62.2 Å². The summed E-state index contributed by atoms with van der Waals surface area (Å²) in [6, 6.07) is 4.11. The van der Waals surface area contributed by atoms with E-state index in [4.69, 9.17) is 37.9 Å². The highest BCUT2D eigenvalue weighted by Crippen LogP contribution is 2.47. The van der Waals surface area contributed by atoms with E-state index in [2.05, 4.69) is 19.2 Å². The van der Waals surface area contributed by atoms with Crippen LogP contribution in [-0.4, -0.2) is 133 Å². The highest BCUT2D eigenvalue weighted by molar-refractivity contribution is 5.85. The Labute approximate surface area is 360 Å². The molecule has 16 heteroatoms. The Morgan fingerprint density at radius 3 is 2.34 bits per heavy atom. The van der Waals surface area contributed by atoms with Gasteiger partial charge in [0.1, 0.15) is 24.1 Å². The SMILES string of the molecule is CC[C@H]1OC(=O)[C@H](C)[C@@H](OC(=O)N2CC(C)(C)C[C@@H]2c2ccc3c(c2)OCO3)[C@H](C)[C@@H](O[C@@H]2O[C@H](C)C[C@H](N(C)C)[C@H]2O)[C@](C)(OC)C[C@@H](C)C(=O)[C@H](C)[C@H]2NC(=O)O[C@@]21C. The van der Waals surface area contributed by atoms with Crippen molar-refractivity contribution in [3.05, 3.63) is 23.8 Å². The Hall–Kier alpha value is -3.70. The van der Waals surface area contributed by atoms with Gasteiger partial charge in [0.05, 0.1) is 35.8 Å². The smallest absolute Gasteiger partial charge is 0.410 e. The van der Waals surface area contributed by atoms with Crippen LogP contribution in [0.1, 0.15) is 107 Å². The van der Waals surface area contributed by atoms with E-state index in [0.29, 0.717) is 30.9 Å². The molecule has 1 aromatic carbocycles. The second kappa shape index (κ2) is 17.8. The molecule has 5 aliphatic rings. The van der Waals surface area contributed by atoms with Crippen LogP contribution >= 0.6 is 0 Å². The van der Waals surface area contributed by atoms with Crippen molar-refractivity contribution in [3.63, 3.8) is 0 Å². The molecule has 2 N–H and O–H groups in total. The molecule has 0 spiro atoms. The number of aliphatic hydroxyl groups is 1. The summed E-state index contributed by atoms with van der Waals surface area (Å²) in [4.78, 5) is 60.5. The van der Waals surface area contributed by atoms with Gasteiger partial charge in [0, 0.05) is 37.5 Å². The zero-order valence-electron chi connectivity index (χ0n) is 38.2. The summed E-state index contributed by atoms with van der Waals surface area (Å²) in [6.07, 6.45) is -5.53. The van der Waals surface area contributed by atoms with Gasteiger partial charge in [0.25, 0.3) is 0 Å². The highest BCUT2D eigenvalue weighted by atomic mass is 16.7. The number of likely N-dealkylation sites (tertiary alicyclic amines) is 1. The molecule has 61 heavy (non-hydrogen) atoms. The number of Topliss-reactive ketones (excluding diaryl/α,β-unsaturated/α-hetero) is 1. The molecule has 4 saturated heterocycles. The molecule has 2 amide bonds. The summed E-state index contributed by atoms with van der Waals surface area (Å²) in [6.45, 7) is 18.9. The number of fused-ring (bicyclic) bond motifs is 2. The molecule has 15 atom stereocenters. The zero-order chi connectivity index (χ0) is 44.9. The Morgan fingerprint density at radius 1 is 1.00 bits per heavy atom. The minimum atomic E-state index is -1.40.